The predicted octanol–water partition coefficient (Wildman–Crippen LogP) is 4.87. The number of hydrogen-bond acceptors (Lipinski definition) is 4. The summed E-state index contributed by atoms with van der Waals surface area (Å²) in [5.41, 5.74) is 4.20. The summed E-state index contributed by atoms with van der Waals surface area (Å²) >= 11 is 2.09. The van der Waals surface area contributed by atoms with E-state index in [4.69, 9.17) is 9.47 Å². The van der Waals surface area contributed by atoms with Gasteiger partial charge in [-0.25, -0.2) is 9.40 Å². The van der Waals surface area contributed by atoms with Crippen molar-refractivity contribution in [3.8, 4) is 11.5 Å². The van der Waals surface area contributed by atoms with Crippen LogP contribution < -0.4 is 19.9 Å². The summed E-state index contributed by atoms with van der Waals surface area (Å²) in [6.45, 7) is 2.26. The van der Waals surface area contributed by atoms with Gasteiger partial charge in [-0.1, -0.05) is 36.4 Å². The van der Waals surface area contributed by atoms with E-state index in [2.05, 4.69) is 28.0 Å². The smallest absolute Gasteiger partial charge is 0.282 e. The van der Waals surface area contributed by atoms with Crippen LogP contribution in [0, 0.1) is 9.39 Å². The van der Waals surface area contributed by atoms with Gasteiger partial charge in [-0.05, 0) is 71.5 Å². The lowest BCUT2D eigenvalue weighted by atomic mass is 10.1. The molecule has 1 heterocycles. The first-order chi connectivity index (χ1) is 16.0. The van der Waals surface area contributed by atoms with Crippen LogP contribution in [0.4, 0.5) is 10.1 Å². The highest BCUT2D eigenvalue weighted by atomic mass is 127. The van der Waals surface area contributed by atoms with Crippen LogP contribution in [-0.4, -0.2) is 18.4 Å². The second-order valence-corrected chi connectivity index (χ2v) is 8.28. The van der Waals surface area contributed by atoms with Crippen molar-refractivity contribution in [3.63, 3.8) is 0 Å². The molecule has 1 aliphatic rings. The van der Waals surface area contributed by atoms with Gasteiger partial charge in [0.25, 0.3) is 11.8 Å². The fourth-order valence-electron chi connectivity index (χ4n) is 3.32. The topological polar surface area (TPSA) is 67.9 Å². The third kappa shape index (κ3) is 5.00. The molecule has 168 valence electrons. The van der Waals surface area contributed by atoms with Gasteiger partial charge in [-0.2, -0.15) is 0 Å². The molecule has 3 aromatic rings. The van der Waals surface area contributed by atoms with Crippen LogP contribution in [-0.2, 0) is 16.2 Å². The molecule has 0 bridgehead atoms. The van der Waals surface area contributed by atoms with Crippen LogP contribution in [0.3, 0.4) is 0 Å². The number of rotatable bonds is 7. The van der Waals surface area contributed by atoms with E-state index >= 15 is 0 Å². The first-order valence-corrected chi connectivity index (χ1v) is 11.3. The van der Waals surface area contributed by atoms with Gasteiger partial charge in [0.1, 0.15) is 18.0 Å². The van der Waals surface area contributed by atoms with Crippen molar-refractivity contribution < 1.29 is 23.5 Å². The normalized spacial score (nSPS) is 14.5. The molecule has 6 nitrogen and oxygen atoms in total. The van der Waals surface area contributed by atoms with Crippen molar-refractivity contribution in [3.05, 3.63) is 92.8 Å². The van der Waals surface area contributed by atoms with E-state index in [1.54, 1.807) is 54.6 Å². The number of hydrazine groups is 1. The molecule has 0 atom stereocenters. The molecule has 0 spiro atoms. The lowest BCUT2D eigenvalue weighted by molar-refractivity contribution is -0.117. The molecule has 33 heavy (non-hydrogen) atoms. The Kier molecular flexibility index (Phi) is 6.93. The fourth-order valence-corrected chi connectivity index (χ4v) is 4.10. The zero-order chi connectivity index (χ0) is 23.4. The van der Waals surface area contributed by atoms with Crippen LogP contribution >= 0.6 is 22.6 Å². The SMILES string of the molecule is CCOc1cc(/C=C2/C(=O)NN(c3ccccc3)C2=O)cc(I)c1OCc1ccccc1F. The number of ether oxygens (including phenoxy) is 2. The Morgan fingerprint density at radius 1 is 1.03 bits per heavy atom. The molecule has 1 aliphatic heterocycles. The van der Waals surface area contributed by atoms with Crippen LogP contribution in [0.2, 0.25) is 0 Å². The van der Waals surface area contributed by atoms with Crippen LogP contribution in [0.15, 0.2) is 72.3 Å². The number of anilines is 1. The molecule has 0 aromatic heterocycles. The van der Waals surface area contributed by atoms with Gasteiger partial charge in [0.2, 0.25) is 0 Å². The van der Waals surface area contributed by atoms with Crippen molar-refractivity contribution in [2.45, 2.75) is 13.5 Å². The summed E-state index contributed by atoms with van der Waals surface area (Å²) in [5.74, 6) is -0.370. The molecular weight excluding hydrogens is 538 g/mol. The first-order valence-electron chi connectivity index (χ1n) is 10.2. The second kappa shape index (κ2) is 10.0. The summed E-state index contributed by atoms with van der Waals surface area (Å²) in [6.07, 6.45) is 1.52. The molecule has 0 radical (unpaired) electrons. The third-order valence-electron chi connectivity index (χ3n) is 4.88. The van der Waals surface area contributed by atoms with Gasteiger partial charge in [0.15, 0.2) is 11.5 Å². The number of nitrogens with zero attached hydrogens (tertiary/aromatic N) is 1. The highest BCUT2D eigenvalue weighted by Gasteiger charge is 2.34. The van der Waals surface area contributed by atoms with Crippen LogP contribution in [0.1, 0.15) is 18.1 Å². The van der Waals surface area contributed by atoms with Crippen molar-refractivity contribution >= 4 is 46.2 Å². The average molecular weight is 558 g/mol. The van der Waals surface area contributed by atoms with Crippen molar-refractivity contribution in [2.75, 3.05) is 11.6 Å². The number of carbonyl (C=O) groups excluding carboxylic acids is 2. The molecule has 2 amide bonds. The maximum absolute atomic E-state index is 14.0. The van der Waals surface area contributed by atoms with Gasteiger partial charge < -0.3 is 9.47 Å². The molecule has 0 saturated carbocycles. The molecule has 4 rings (SSSR count). The monoisotopic (exact) mass is 558 g/mol. The number of carbonyl (C=O) groups is 2. The highest BCUT2D eigenvalue weighted by Crippen LogP contribution is 2.36. The molecule has 1 N–H and O–H groups in total. The molecule has 0 aliphatic carbocycles. The maximum Gasteiger partial charge on any atom is 0.282 e. The quantitative estimate of drug-likeness (QED) is 0.256. The van der Waals surface area contributed by atoms with Gasteiger partial charge >= 0.3 is 0 Å². The summed E-state index contributed by atoms with van der Waals surface area (Å²) in [7, 11) is 0. The second-order valence-electron chi connectivity index (χ2n) is 7.12. The van der Waals surface area contributed by atoms with E-state index in [9.17, 15) is 14.0 Å². The lowest BCUT2D eigenvalue weighted by Gasteiger charge is -2.15. The van der Waals surface area contributed by atoms with E-state index in [0.717, 1.165) is 0 Å². The number of para-hydroxylation sites is 1. The van der Waals surface area contributed by atoms with Gasteiger partial charge in [-0.3, -0.25) is 15.0 Å². The van der Waals surface area contributed by atoms with Crippen molar-refractivity contribution in [2.24, 2.45) is 0 Å². The minimum absolute atomic E-state index is 0.0112. The lowest BCUT2D eigenvalue weighted by Crippen LogP contribution is -2.35. The Bertz CT molecular complexity index is 1230. The largest absolute Gasteiger partial charge is 0.490 e. The summed E-state index contributed by atoms with van der Waals surface area (Å²) in [4.78, 5) is 25.3. The van der Waals surface area contributed by atoms with Gasteiger partial charge in [-0.15, -0.1) is 0 Å². The van der Waals surface area contributed by atoms with E-state index in [0.29, 0.717) is 38.5 Å². The third-order valence-corrected chi connectivity index (χ3v) is 5.68. The summed E-state index contributed by atoms with van der Waals surface area (Å²) < 4.78 is 26.3. The van der Waals surface area contributed by atoms with E-state index in [1.165, 1.54) is 17.2 Å². The number of amides is 2. The van der Waals surface area contributed by atoms with Crippen molar-refractivity contribution in [1.29, 1.82) is 0 Å². The van der Waals surface area contributed by atoms with Gasteiger partial charge in [0.05, 0.1) is 15.9 Å². The zero-order valence-corrected chi connectivity index (χ0v) is 19.8. The van der Waals surface area contributed by atoms with E-state index < -0.39 is 11.8 Å². The molecule has 1 saturated heterocycles. The van der Waals surface area contributed by atoms with Crippen molar-refractivity contribution in [1.82, 2.24) is 5.43 Å². The number of benzene rings is 3. The van der Waals surface area contributed by atoms with Crippen LogP contribution in [0.25, 0.3) is 6.08 Å². The van der Waals surface area contributed by atoms with Gasteiger partial charge in [0, 0.05) is 5.56 Å². The molecule has 0 unspecified atom stereocenters. The predicted molar refractivity (Wildman–Crippen MR) is 131 cm³/mol. The number of hydrogen-bond donors (Lipinski definition) is 1. The Balaban J connectivity index is 1.62. The summed E-state index contributed by atoms with van der Waals surface area (Å²) in [6, 6.07) is 18.7. The molecule has 1 fully saturated rings. The Hall–Kier alpha value is -3.40. The Morgan fingerprint density at radius 2 is 1.76 bits per heavy atom. The minimum Gasteiger partial charge on any atom is -0.490 e. The maximum atomic E-state index is 14.0. The zero-order valence-electron chi connectivity index (χ0n) is 17.7. The Morgan fingerprint density at radius 3 is 2.48 bits per heavy atom. The highest BCUT2D eigenvalue weighted by molar-refractivity contribution is 14.1. The van der Waals surface area contributed by atoms with E-state index in [-0.39, 0.29) is 18.0 Å². The molecular formula is C25H20FIN2O4. The van der Waals surface area contributed by atoms with E-state index in [1.807, 2.05) is 13.0 Å². The summed E-state index contributed by atoms with van der Waals surface area (Å²) in [5, 5.41) is 1.22. The fraction of sp³-hybridized carbons (Fsp3) is 0.120. The van der Waals surface area contributed by atoms with Crippen LogP contribution in [0.5, 0.6) is 11.5 Å². The minimum atomic E-state index is -0.489. The number of halogens is 2. The average Bonchev–Trinajstić information content (AvgIpc) is 3.09. The molecule has 8 heteroatoms. The molecule has 3 aromatic carbocycles. The standard InChI is InChI=1S/C25H20FIN2O4/c1-2-32-22-14-16(13-21(27)23(22)33-15-17-8-6-7-11-20(17)26)12-19-24(30)28-29(25(19)31)18-9-4-3-5-10-18/h3-14H,2,15H2,1H3,(H,28,30)/b19-12-. The number of nitrogens with one attached hydrogen (secondary N) is 1. The Labute approximate surface area is 204 Å². The first kappa shape index (κ1) is 22.8.